The average Bonchev–Trinajstić information content (AvgIpc) is 2.41. The molecule has 0 aliphatic heterocycles. The van der Waals surface area contributed by atoms with E-state index in [9.17, 15) is 4.79 Å². The molecule has 1 rings (SSSR count). The van der Waals surface area contributed by atoms with Crippen molar-refractivity contribution in [3.05, 3.63) is 28.2 Å². The molecule has 4 nitrogen and oxygen atoms in total. The van der Waals surface area contributed by atoms with Gasteiger partial charge in [0.1, 0.15) is 5.75 Å². The summed E-state index contributed by atoms with van der Waals surface area (Å²) in [5.74, 6) is 0.257. The number of halogens is 2. The van der Waals surface area contributed by atoms with Gasteiger partial charge in [-0.15, -0.1) is 0 Å². The summed E-state index contributed by atoms with van der Waals surface area (Å²) in [4.78, 5) is 11.5. The zero-order chi connectivity index (χ0) is 14.8. The lowest BCUT2D eigenvalue weighted by Gasteiger charge is -2.09. The van der Waals surface area contributed by atoms with Crippen LogP contribution in [0.3, 0.4) is 0 Å². The number of aliphatic hydroxyl groups is 1. The number of aliphatic hydroxyl groups excluding tert-OH is 1. The first-order chi connectivity index (χ1) is 9.63. The second-order valence-corrected chi connectivity index (χ2v) is 5.19. The minimum absolute atomic E-state index is 0.0714. The Labute approximate surface area is 129 Å². The van der Waals surface area contributed by atoms with Crippen LogP contribution in [0.15, 0.2) is 18.2 Å². The summed E-state index contributed by atoms with van der Waals surface area (Å²) in [6, 6.07) is 4.85. The van der Waals surface area contributed by atoms with Crippen LogP contribution in [0.25, 0.3) is 0 Å². The quantitative estimate of drug-likeness (QED) is 0.688. The first-order valence-electron chi connectivity index (χ1n) is 6.59. The fourth-order valence-corrected chi connectivity index (χ4v) is 2.07. The minimum Gasteiger partial charge on any atom is -0.482 e. The number of amides is 1. The molecule has 0 saturated heterocycles. The Kier molecular flexibility index (Phi) is 8.42. The van der Waals surface area contributed by atoms with Gasteiger partial charge in [0.2, 0.25) is 0 Å². The number of nitrogens with one attached hydrogen (secondary N) is 1. The van der Waals surface area contributed by atoms with Crippen molar-refractivity contribution in [2.45, 2.75) is 25.7 Å². The summed E-state index contributed by atoms with van der Waals surface area (Å²) in [5.41, 5.74) is 0. The summed E-state index contributed by atoms with van der Waals surface area (Å²) in [7, 11) is 0. The molecule has 1 aromatic carbocycles. The van der Waals surface area contributed by atoms with Gasteiger partial charge in [-0.1, -0.05) is 36.0 Å². The van der Waals surface area contributed by atoms with E-state index >= 15 is 0 Å². The molecule has 0 aromatic heterocycles. The third kappa shape index (κ3) is 6.98. The van der Waals surface area contributed by atoms with E-state index in [4.69, 9.17) is 33.0 Å². The lowest BCUT2D eigenvalue weighted by atomic mass is 10.2. The van der Waals surface area contributed by atoms with E-state index in [0.29, 0.717) is 22.3 Å². The van der Waals surface area contributed by atoms with E-state index in [0.717, 1.165) is 25.7 Å². The second kappa shape index (κ2) is 9.86. The first kappa shape index (κ1) is 17.1. The molecule has 1 aromatic rings. The number of unbranched alkanes of at least 4 members (excludes halogenated alkanes) is 3. The Morgan fingerprint density at radius 3 is 2.65 bits per heavy atom. The maximum atomic E-state index is 11.5. The maximum absolute atomic E-state index is 11.5. The highest BCUT2D eigenvalue weighted by molar-refractivity contribution is 6.35. The molecule has 0 aliphatic rings. The largest absolute Gasteiger partial charge is 0.482 e. The van der Waals surface area contributed by atoms with Crippen LogP contribution in [0.5, 0.6) is 5.75 Å². The molecule has 0 heterocycles. The van der Waals surface area contributed by atoms with Crippen LogP contribution in [0.1, 0.15) is 25.7 Å². The van der Waals surface area contributed by atoms with Crippen molar-refractivity contribution >= 4 is 29.1 Å². The number of carbonyl (C=O) groups excluding carboxylic acids is 1. The third-order valence-corrected chi connectivity index (χ3v) is 3.19. The molecule has 0 radical (unpaired) electrons. The van der Waals surface area contributed by atoms with Gasteiger partial charge in [0.15, 0.2) is 6.61 Å². The fraction of sp³-hybridized carbons (Fsp3) is 0.500. The minimum atomic E-state index is -0.182. The molecule has 0 aliphatic carbocycles. The molecule has 0 spiro atoms. The van der Waals surface area contributed by atoms with E-state index in [2.05, 4.69) is 5.32 Å². The Balaban J connectivity index is 2.16. The standard InChI is InChI=1S/C14H19Cl2NO3/c15-11-5-6-13(12(16)9-11)20-10-14(19)17-7-3-1-2-4-8-18/h5-6,9,18H,1-4,7-8,10H2,(H,17,19). The molecular formula is C14H19Cl2NO3. The number of benzene rings is 1. The van der Waals surface area contributed by atoms with Gasteiger partial charge < -0.3 is 15.2 Å². The van der Waals surface area contributed by atoms with Gasteiger partial charge in [-0.05, 0) is 31.0 Å². The van der Waals surface area contributed by atoms with E-state index in [1.807, 2.05) is 0 Å². The van der Waals surface area contributed by atoms with E-state index in [-0.39, 0.29) is 19.1 Å². The number of ether oxygens (including phenoxy) is 1. The summed E-state index contributed by atoms with van der Waals surface area (Å²) >= 11 is 11.7. The number of hydrogen-bond donors (Lipinski definition) is 2. The average molecular weight is 320 g/mol. The summed E-state index contributed by atoms with van der Waals surface area (Å²) in [6.45, 7) is 0.766. The first-order valence-corrected chi connectivity index (χ1v) is 7.34. The van der Waals surface area contributed by atoms with E-state index in [1.54, 1.807) is 18.2 Å². The molecule has 112 valence electrons. The van der Waals surface area contributed by atoms with Crippen molar-refractivity contribution in [2.75, 3.05) is 19.8 Å². The van der Waals surface area contributed by atoms with Gasteiger partial charge in [0.25, 0.3) is 5.91 Å². The molecule has 6 heteroatoms. The highest BCUT2D eigenvalue weighted by Crippen LogP contribution is 2.27. The van der Waals surface area contributed by atoms with Gasteiger partial charge >= 0.3 is 0 Å². The molecule has 1 amide bonds. The van der Waals surface area contributed by atoms with Crippen molar-refractivity contribution < 1.29 is 14.6 Å². The van der Waals surface area contributed by atoms with Crippen LogP contribution in [-0.4, -0.2) is 30.8 Å². The highest BCUT2D eigenvalue weighted by Gasteiger charge is 2.06. The Morgan fingerprint density at radius 2 is 1.95 bits per heavy atom. The van der Waals surface area contributed by atoms with Crippen LogP contribution in [0.2, 0.25) is 10.0 Å². The molecule has 0 unspecified atom stereocenters. The molecule has 0 fully saturated rings. The van der Waals surface area contributed by atoms with Crippen molar-refractivity contribution in [3.8, 4) is 5.75 Å². The Hall–Kier alpha value is -0.970. The lowest BCUT2D eigenvalue weighted by Crippen LogP contribution is -2.29. The Bertz CT molecular complexity index is 427. The van der Waals surface area contributed by atoms with Gasteiger partial charge in [-0.25, -0.2) is 0 Å². The maximum Gasteiger partial charge on any atom is 0.257 e. The predicted octanol–water partition coefficient (Wildman–Crippen LogP) is 3.04. The van der Waals surface area contributed by atoms with Crippen LogP contribution in [0.4, 0.5) is 0 Å². The fourth-order valence-electron chi connectivity index (χ4n) is 1.60. The number of rotatable bonds is 9. The van der Waals surface area contributed by atoms with E-state index < -0.39 is 0 Å². The number of carbonyl (C=O) groups is 1. The highest BCUT2D eigenvalue weighted by atomic mass is 35.5. The number of hydrogen-bond acceptors (Lipinski definition) is 3. The van der Waals surface area contributed by atoms with E-state index in [1.165, 1.54) is 0 Å². The lowest BCUT2D eigenvalue weighted by molar-refractivity contribution is -0.123. The zero-order valence-corrected chi connectivity index (χ0v) is 12.7. The van der Waals surface area contributed by atoms with Gasteiger partial charge in [0.05, 0.1) is 5.02 Å². The third-order valence-electron chi connectivity index (χ3n) is 2.66. The molecular weight excluding hydrogens is 301 g/mol. The topological polar surface area (TPSA) is 58.6 Å². The summed E-state index contributed by atoms with van der Waals surface area (Å²) < 4.78 is 5.31. The molecule has 2 N–H and O–H groups in total. The molecule has 0 saturated carbocycles. The van der Waals surface area contributed by atoms with Crippen LogP contribution in [-0.2, 0) is 4.79 Å². The van der Waals surface area contributed by atoms with Crippen LogP contribution < -0.4 is 10.1 Å². The molecule has 0 atom stereocenters. The monoisotopic (exact) mass is 319 g/mol. The normalized spacial score (nSPS) is 10.3. The predicted molar refractivity (Wildman–Crippen MR) is 80.5 cm³/mol. The molecule has 20 heavy (non-hydrogen) atoms. The zero-order valence-electron chi connectivity index (χ0n) is 11.2. The van der Waals surface area contributed by atoms with Crippen molar-refractivity contribution in [2.24, 2.45) is 0 Å². The summed E-state index contributed by atoms with van der Waals surface area (Å²) in [5, 5.41) is 12.3. The van der Waals surface area contributed by atoms with Gasteiger partial charge in [0, 0.05) is 18.2 Å². The SMILES string of the molecule is O=C(COc1ccc(Cl)cc1Cl)NCCCCCCO. The molecule has 0 bridgehead atoms. The van der Waals surface area contributed by atoms with Crippen LogP contribution in [0, 0.1) is 0 Å². The van der Waals surface area contributed by atoms with Crippen molar-refractivity contribution in [1.82, 2.24) is 5.32 Å². The van der Waals surface area contributed by atoms with Crippen molar-refractivity contribution in [1.29, 1.82) is 0 Å². The smallest absolute Gasteiger partial charge is 0.257 e. The van der Waals surface area contributed by atoms with Crippen LogP contribution >= 0.6 is 23.2 Å². The summed E-state index contributed by atoms with van der Waals surface area (Å²) in [6.07, 6.45) is 3.67. The van der Waals surface area contributed by atoms with Gasteiger partial charge in [-0.3, -0.25) is 4.79 Å². The Morgan fingerprint density at radius 1 is 1.20 bits per heavy atom. The second-order valence-electron chi connectivity index (χ2n) is 4.35. The van der Waals surface area contributed by atoms with Crippen molar-refractivity contribution in [3.63, 3.8) is 0 Å². The van der Waals surface area contributed by atoms with Gasteiger partial charge in [-0.2, -0.15) is 0 Å².